The van der Waals surface area contributed by atoms with Crippen LogP contribution in [0.4, 0.5) is 0 Å². The van der Waals surface area contributed by atoms with Crippen LogP contribution in [0.1, 0.15) is 5.56 Å². The molecule has 3 rings (SSSR count). The third-order valence-electron chi connectivity index (χ3n) is 2.87. The van der Waals surface area contributed by atoms with Crippen LogP contribution in [-0.2, 0) is 16.4 Å². The van der Waals surface area contributed by atoms with Gasteiger partial charge < -0.3 is 4.90 Å². The second-order valence-electron chi connectivity index (χ2n) is 4.35. The summed E-state index contributed by atoms with van der Waals surface area (Å²) in [5, 5.41) is 1.28. The van der Waals surface area contributed by atoms with E-state index in [9.17, 15) is 8.42 Å². The lowest BCUT2D eigenvalue weighted by Gasteiger charge is -2.19. The van der Waals surface area contributed by atoms with Crippen LogP contribution in [0.3, 0.4) is 0 Å². The lowest BCUT2D eigenvalue weighted by molar-refractivity contribution is 0.556. The van der Waals surface area contributed by atoms with Gasteiger partial charge in [-0.1, -0.05) is 35.5 Å². The number of benzene rings is 1. The number of sulfonamides is 1. The van der Waals surface area contributed by atoms with Crippen LogP contribution in [0.2, 0.25) is 5.02 Å². The molecule has 100 valence electrons. The Bertz CT molecular complexity index is 665. The highest BCUT2D eigenvalue weighted by molar-refractivity contribution is 8.18. The molecule has 0 bridgehead atoms. The molecule has 7 heteroatoms. The fourth-order valence-electron chi connectivity index (χ4n) is 1.93. The van der Waals surface area contributed by atoms with Crippen LogP contribution >= 0.6 is 23.4 Å². The van der Waals surface area contributed by atoms with E-state index in [-0.39, 0.29) is 5.75 Å². The summed E-state index contributed by atoms with van der Waals surface area (Å²) in [6.45, 7) is 0.484. The second kappa shape index (κ2) is 4.85. The Morgan fingerprint density at radius 2 is 2.05 bits per heavy atom. The van der Waals surface area contributed by atoms with E-state index in [1.807, 2.05) is 35.4 Å². The Morgan fingerprint density at radius 3 is 2.79 bits per heavy atom. The maximum atomic E-state index is 11.4. The van der Waals surface area contributed by atoms with Crippen molar-refractivity contribution in [3.05, 3.63) is 46.0 Å². The maximum Gasteiger partial charge on any atom is 0.257 e. The molecular weight excluding hydrogens is 304 g/mol. The highest BCUT2D eigenvalue weighted by Gasteiger charge is 2.28. The molecule has 19 heavy (non-hydrogen) atoms. The van der Waals surface area contributed by atoms with Crippen molar-refractivity contribution in [2.24, 2.45) is 4.40 Å². The SMILES string of the molecule is O=S1(=O)CCN2C=C(Cc3ccc(Cl)cc3)SC2=N1. The Labute approximate surface area is 121 Å². The van der Waals surface area contributed by atoms with Crippen LogP contribution in [0.5, 0.6) is 0 Å². The molecule has 2 heterocycles. The molecule has 0 unspecified atom stereocenters. The lowest BCUT2D eigenvalue weighted by Crippen LogP contribution is -2.31. The Hall–Kier alpha value is -0.980. The minimum absolute atomic E-state index is 0.0851. The fraction of sp³-hybridized carbons (Fsp3) is 0.250. The summed E-state index contributed by atoms with van der Waals surface area (Å²) in [6, 6.07) is 7.65. The van der Waals surface area contributed by atoms with Gasteiger partial charge in [0.25, 0.3) is 10.0 Å². The molecule has 0 amide bonds. The zero-order valence-corrected chi connectivity index (χ0v) is 12.3. The Morgan fingerprint density at radius 1 is 1.32 bits per heavy atom. The monoisotopic (exact) mass is 314 g/mol. The van der Waals surface area contributed by atoms with Gasteiger partial charge >= 0.3 is 0 Å². The molecule has 0 N–H and O–H groups in total. The molecule has 0 saturated heterocycles. The van der Waals surface area contributed by atoms with Gasteiger partial charge in [-0.05, 0) is 17.7 Å². The molecule has 4 nitrogen and oxygen atoms in total. The van der Waals surface area contributed by atoms with Crippen LogP contribution < -0.4 is 0 Å². The number of hydrogen-bond donors (Lipinski definition) is 0. The van der Waals surface area contributed by atoms with Crippen LogP contribution in [0.15, 0.2) is 39.8 Å². The number of allylic oxidation sites excluding steroid dienone is 1. The third kappa shape index (κ3) is 2.96. The van der Waals surface area contributed by atoms with E-state index in [1.165, 1.54) is 11.8 Å². The van der Waals surface area contributed by atoms with Gasteiger partial charge in [-0.3, -0.25) is 0 Å². The van der Waals surface area contributed by atoms with Crippen molar-refractivity contribution in [3.8, 4) is 0 Å². The van der Waals surface area contributed by atoms with Gasteiger partial charge in [0.1, 0.15) is 0 Å². The van der Waals surface area contributed by atoms with Gasteiger partial charge in [-0.2, -0.15) is 0 Å². The first-order chi connectivity index (χ1) is 9.02. The molecule has 0 atom stereocenters. The molecule has 2 aliphatic rings. The van der Waals surface area contributed by atoms with E-state index in [2.05, 4.69) is 4.40 Å². The average Bonchev–Trinajstić information content (AvgIpc) is 2.72. The molecule has 0 radical (unpaired) electrons. The summed E-state index contributed by atoms with van der Waals surface area (Å²) >= 11 is 7.27. The number of hydrogen-bond acceptors (Lipinski definition) is 4. The molecule has 0 spiro atoms. The molecule has 2 aliphatic heterocycles. The maximum absolute atomic E-state index is 11.4. The van der Waals surface area contributed by atoms with Crippen molar-refractivity contribution < 1.29 is 8.42 Å². The fourth-order valence-corrected chi connectivity index (χ4v) is 4.32. The smallest absolute Gasteiger partial charge is 0.257 e. The zero-order valence-electron chi connectivity index (χ0n) is 9.91. The molecule has 1 aromatic carbocycles. The second-order valence-corrected chi connectivity index (χ2v) is 7.64. The predicted molar refractivity (Wildman–Crippen MR) is 78.8 cm³/mol. The number of fused-ring (bicyclic) bond motifs is 1. The van der Waals surface area contributed by atoms with Gasteiger partial charge in [0.15, 0.2) is 5.17 Å². The van der Waals surface area contributed by atoms with E-state index < -0.39 is 10.0 Å². The normalized spacial score (nSPS) is 20.8. The molecule has 0 aromatic heterocycles. The van der Waals surface area contributed by atoms with Gasteiger partial charge in [-0.15, -0.1) is 4.40 Å². The zero-order chi connectivity index (χ0) is 13.5. The van der Waals surface area contributed by atoms with Crippen molar-refractivity contribution in [1.29, 1.82) is 0 Å². The standard InChI is InChI=1S/C12H11ClN2O2S2/c13-10-3-1-9(2-4-10)7-11-8-15-5-6-19(16,17)14-12(15)18-11/h1-4,8H,5-7H2. The van der Waals surface area contributed by atoms with Crippen molar-refractivity contribution >= 4 is 38.6 Å². The van der Waals surface area contributed by atoms with Crippen LogP contribution in [-0.4, -0.2) is 30.8 Å². The van der Waals surface area contributed by atoms with E-state index >= 15 is 0 Å². The summed E-state index contributed by atoms with van der Waals surface area (Å²) in [7, 11) is -3.26. The van der Waals surface area contributed by atoms with E-state index in [0.717, 1.165) is 16.9 Å². The van der Waals surface area contributed by atoms with Crippen molar-refractivity contribution in [3.63, 3.8) is 0 Å². The number of amidine groups is 1. The Kier molecular flexibility index (Phi) is 3.32. The summed E-state index contributed by atoms with van der Waals surface area (Å²) in [6.07, 6.45) is 2.74. The molecule has 0 saturated carbocycles. The topological polar surface area (TPSA) is 49.7 Å². The third-order valence-corrected chi connectivity index (χ3v) is 5.40. The van der Waals surface area contributed by atoms with E-state index in [1.54, 1.807) is 0 Å². The number of rotatable bonds is 2. The first-order valence-electron chi connectivity index (χ1n) is 5.74. The molecular formula is C12H11ClN2O2S2. The van der Waals surface area contributed by atoms with Gasteiger partial charge in [-0.25, -0.2) is 8.42 Å². The summed E-state index contributed by atoms with van der Waals surface area (Å²) in [5.74, 6) is 0.0851. The first-order valence-corrected chi connectivity index (χ1v) is 8.54. The molecule has 1 aromatic rings. The molecule has 0 fully saturated rings. The molecule has 0 aliphatic carbocycles. The predicted octanol–water partition coefficient (Wildman–Crippen LogP) is 2.47. The van der Waals surface area contributed by atoms with Gasteiger partial charge in [0.05, 0.1) is 5.75 Å². The average molecular weight is 315 g/mol. The number of nitrogens with zero attached hydrogens (tertiary/aromatic N) is 2. The summed E-state index contributed by atoms with van der Waals surface area (Å²) in [5.41, 5.74) is 1.14. The quantitative estimate of drug-likeness (QED) is 0.841. The minimum Gasteiger partial charge on any atom is -0.325 e. The summed E-state index contributed by atoms with van der Waals surface area (Å²) < 4.78 is 26.6. The Balaban J connectivity index is 1.77. The van der Waals surface area contributed by atoms with Gasteiger partial charge in [0.2, 0.25) is 0 Å². The first kappa shape index (κ1) is 13.0. The lowest BCUT2D eigenvalue weighted by atomic mass is 10.1. The summed E-state index contributed by atoms with van der Waals surface area (Å²) in [4.78, 5) is 3.00. The highest BCUT2D eigenvalue weighted by atomic mass is 35.5. The van der Waals surface area contributed by atoms with E-state index in [0.29, 0.717) is 16.7 Å². The number of halogens is 1. The van der Waals surface area contributed by atoms with Gasteiger partial charge in [0, 0.05) is 29.1 Å². The number of thioether (sulfide) groups is 1. The minimum atomic E-state index is -3.26. The van der Waals surface area contributed by atoms with Crippen LogP contribution in [0.25, 0.3) is 0 Å². The highest BCUT2D eigenvalue weighted by Crippen LogP contribution is 2.33. The largest absolute Gasteiger partial charge is 0.325 e. The van der Waals surface area contributed by atoms with Crippen LogP contribution in [0, 0.1) is 0 Å². The van der Waals surface area contributed by atoms with Crippen molar-refractivity contribution in [2.75, 3.05) is 12.3 Å². The van der Waals surface area contributed by atoms with Crippen molar-refractivity contribution in [1.82, 2.24) is 4.90 Å². The van der Waals surface area contributed by atoms with Crippen molar-refractivity contribution in [2.45, 2.75) is 6.42 Å². The van der Waals surface area contributed by atoms with E-state index in [4.69, 9.17) is 11.6 Å².